The van der Waals surface area contributed by atoms with Crippen molar-refractivity contribution in [1.82, 2.24) is 0 Å². The van der Waals surface area contributed by atoms with Gasteiger partial charge >= 0.3 is 12.1 Å². The average Bonchev–Trinajstić information content (AvgIpc) is 3.33. The number of nitrogens with zero attached hydrogens (tertiary/aromatic N) is 1. The Morgan fingerprint density at radius 2 is 1.52 bits per heavy atom. The summed E-state index contributed by atoms with van der Waals surface area (Å²) >= 11 is 5.96. The highest BCUT2D eigenvalue weighted by atomic mass is 35.5. The van der Waals surface area contributed by atoms with Gasteiger partial charge in [-0.1, -0.05) is 60.1 Å². The van der Waals surface area contributed by atoms with E-state index in [4.69, 9.17) is 25.5 Å². The minimum Gasteiger partial charge on any atom is -0.462 e. The standard InChI is InChI=1S/C30H22ClNO7S/c1-2-37-29(33)27-25-19-22(15-18-26(25)39-28(27)20-9-5-3-6-10-20)32(30(34)38-23-11-7-4-8-12-23)40(35,36)24-16-13-21(31)14-17-24/h3-19H,2H2,1H3. The maximum atomic E-state index is 13.8. The number of carbonyl (C=O) groups excluding carboxylic acids is 2. The third kappa shape index (κ3) is 5.29. The van der Waals surface area contributed by atoms with Crippen molar-refractivity contribution in [2.45, 2.75) is 11.8 Å². The van der Waals surface area contributed by atoms with Crippen molar-refractivity contribution in [2.24, 2.45) is 0 Å². The lowest BCUT2D eigenvalue weighted by atomic mass is 10.1. The van der Waals surface area contributed by atoms with Gasteiger partial charge in [0.25, 0.3) is 10.0 Å². The lowest BCUT2D eigenvalue weighted by Crippen LogP contribution is -2.39. The van der Waals surface area contributed by atoms with Crippen molar-refractivity contribution in [2.75, 3.05) is 10.9 Å². The second-order valence-corrected chi connectivity index (χ2v) is 10.7. The molecule has 0 atom stereocenters. The number of anilines is 1. The molecule has 0 saturated heterocycles. The zero-order chi connectivity index (χ0) is 28.3. The molecule has 8 nitrogen and oxygen atoms in total. The van der Waals surface area contributed by atoms with Crippen LogP contribution in [0.2, 0.25) is 5.02 Å². The monoisotopic (exact) mass is 575 g/mol. The van der Waals surface area contributed by atoms with Crippen LogP contribution in [-0.4, -0.2) is 27.1 Å². The molecule has 0 aliphatic heterocycles. The zero-order valence-corrected chi connectivity index (χ0v) is 22.7. The van der Waals surface area contributed by atoms with Crippen LogP contribution in [0.4, 0.5) is 10.5 Å². The van der Waals surface area contributed by atoms with Gasteiger partial charge in [0.1, 0.15) is 22.7 Å². The number of sulfonamides is 1. The third-order valence-electron chi connectivity index (χ3n) is 5.89. The Morgan fingerprint density at radius 3 is 2.17 bits per heavy atom. The van der Waals surface area contributed by atoms with Gasteiger partial charge < -0.3 is 13.9 Å². The molecule has 40 heavy (non-hydrogen) atoms. The molecule has 0 radical (unpaired) electrons. The molecule has 0 unspecified atom stereocenters. The van der Waals surface area contributed by atoms with E-state index in [1.165, 1.54) is 54.6 Å². The minimum atomic E-state index is -4.49. The molecule has 4 aromatic carbocycles. The molecule has 10 heteroatoms. The van der Waals surface area contributed by atoms with Crippen LogP contribution >= 0.6 is 11.6 Å². The first-order valence-electron chi connectivity index (χ1n) is 12.2. The second kappa shape index (κ2) is 11.3. The number of hydrogen-bond donors (Lipinski definition) is 0. The Kier molecular flexibility index (Phi) is 7.59. The van der Waals surface area contributed by atoms with Crippen molar-refractivity contribution in [3.8, 4) is 17.1 Å². The molecule has 0 N–H and O–H groups in total. The highest BCUT2D eigenvalue weighted by Gasteiger charge is 2.34. The quantitative estimate of drug-likeness (QED) is 0.187. The SMILES string of the molecule is CCOC(=O)c1c(-c2ccccc2)oc2ccc(N(C(=O)Oc3ccccc3)S(=O)(=O)c3ccc(Cl)cc3)cc12. The Labute approximate surface area is 235 Å². The van der Waals surface area contributed by atoms with Crippen molar-refractivity contribution < 1.29 is 31.9 Å². The van der Waals surface area contributed by atoms with Crippen LogP contribution < -0.4 is 9.04 Å². The van der Waals surface area contributed by atoms with Gasteiger partial charge in [0.15, 0.2) is 0 Å². The summed E-state index contributed by atoms with van der Waals surface area (Å²) in [7, 11) is -4.49. The van der Waals surface area contributed by atoms with Crippen molar-refractivity contribution >= 4 is 50.3 Å². The van der Waals surface area contributed by atoms with E-state index in [2.05, 4.69) is 0 Å². The summed E-state index contributed by atoms with van der Waals surface area (Å²) in [6.07, 6.45) is -1.18. The smallest absolute Gasteiger partial charge is 0.434 e. The van der Waals surface area contributed by atoms with Gasteiger partial charge in [0, 0.05) is 16.0 Å². The molecule has 0 fully saturated rings. The third-order valence-corrected chi connectivity index (χ3v) is 7.85. The van der Waals surface area contributed by atoms with Gasteiger partial charge in [0.2, 0.25) is 0 Å². The van der Waals surface area contributed by atoms with E-state index in [1.54, 1.807) is 49.4 Å². The molecular formula is C30H22ClNO7S. The zero-order valence-electron chi connectivity index (χ0n) is 21.1. The highest BCUT2D eigenvalue weighted by Crippen LogP contribution is 2.37. The van der Waals surface area contributed by atoms with E-state index in [9.17, 15) is 18.0 Å². The van der Waals surface area contributed by atoms with E-state index in [1.807, 2.05) is 6.07 Å². The lowest BCUT2D eigenvalue weighted by Gasteiger charge is -2.22. The normalized spacial score (nSPS) is 11.2. The van der Waals surface area contributed by atoms with Gasteiger partial charge in [-0.3, -0.25) is 0 Å². The second-order valence-electron chi connectivity index (χ2n) is 8.48. The van der Waals surface area contributed by atoms with Crippen LogP contribution in [0.25, 0.3) is 22.3 Å². The summed E-state index contributed by atoms with van der Waals surface area (Å²) < 4.78 is 44.9. The average molecular weight is 576 g/mol. The first-order chi connectivity index (χ1) is 19.3. The number of furan rings is 1. The minimum absolute atomic E-state index is 0.0747. The molecule has 0 bridgehead atoms. The Morgan fingerprint density at radius 1 is 0.875 bits per heavy atom. The van der Waals surface area contributed by atoms with Gasteiger partial charge in [-0.25, -0.2) is 18.0 Å². The summed E-state index contributed by atoms with van der Waals surface area (Å²) in [4.78, 5) is 26.4. The number of benzene rings is 4. The van der Waals surface area contributed by atoms with E-state index in [0.717, 1.165) is 0 Å². The van der Waals surface area contributed by atoms with E-state index in [-0.39, 0.29) is 39.6 Å². The molecule has 202 valence electrons. The summed E-state index contributed by atoms with van der Waals surface area (Å²) in [5.41, 5.74) is 0.947. The topological polar surface area (TPSA) is 103 Å². The number of esters is 1. The number of ether oxygens (including phenoxy) is 2. The van der Waals surface area contributed by atoms with Crippen molar-refractivity contribution in [1.29, 1.82) is 0 Å². The molecule has 1 heterocycles. The summed E-state index contributed by atoms with van der Waals surface area (Å²) in [6.45, 7) is 1.79. The largest absolute Gasteiger partial charge is 0.462 e. The first kappa shape index (κ1) is 27.0. The fourth-order valence-electron chi connectivity index (χ4n) is 4.10. The first-order valence-corrected chi connectivity index (χ1v) is 14.0. The molecule has 0 spiro atoms. The Hall–Kier alpha value is -4.60. The lowest BCUT2D eigenvalue weighted by molar-refractivity contribution is 0.0528. The molecule has 1 aromatic heterocycles. The number of fused-ring (bicyclic) bond motifs is 1. The van der Waals surface area contributed by atoms with Crippen molar-refractivity contribution in [3.05, 3.63) is 114 Å². The maximum Gasteiger partial charge on any atom is 0.434 e. The fraction of sp³-hybridized carbons (Fsp3) is 0.0667. The summed E-state index contributed by atoms with van der Waals surface area (Å²) in [6, 6.07) is 26.7. The van der Waals surface area contributed by atoms with E-state index >= 15 is 0 Å². The van der Waals surface area contributed by atoms with Crippen LogP contribution in [0.15, 0.2) is 112 Å². The molecule has 0 aliphatic carbocycles. The summed E-state index contributed by atoms with van der Waals surface area (Å²) in [5.74, 6) is -0.256. The van der Waals surface area contributed by atoms with Gasteiger partial charge in [-0.15, -0.1) is 0 Å². The summed E-state index contributed by atoms with van der Waals surface area (Å²) in [5, 5.41) is 0.586. The number of hydrogen-bond acceptors (Lipinski definition) is 7. The number of rotatable bonds is 7. The predicted octanol–water partition coefficient (Wildman–Crippen LogP) is 7.32. The van der Waals surface area contributed by atoms with Gasteiger partial charge in [-0.05, 0) is 61.5 Å². The number of amides is 1. The van der Waals surface area contributed by atoms with Crippen LogP contribution in [0.5, 0.6) is 5.75 Å². The van der Waals surface area contributed by atoms with Gasteiger partial charge in [-0.2, -0.15) is 4.31 Å². The van der Waals surface area contributed by atoms with Crippen molar-refractivity contribution in [3.63, 3.8) is 0 Å². The molecule has 5 rings (SSSR count). The molecule has 0 saturated carbocycles. The number of carbonyl (C=O) groups is 2. The molecule has 0 aliphatic rings. The van der Waals surface area contributed by atoms with Crippen LogP contribution in [0.3, 0.4) is 0 Å². The molecular weight excluding hydrogens is 554 g/mol. The van der Waals surface area contributed by atoms with Crippen LogP contribution in [-0.2, 0) is 14.8 Å². The Bertz CT molecular complexity index is 1790. The van der Waals surface area contributed by atoms with E-state index < -0.39 is 22.1 Å². The highest BCUT2D eigenvalue weighted by molar-refractivity contribution is 7.93. The van der Waals surface area contributed by atoms with E-state index in [0.29, 0.717) is 20.5 Å². The number of halogens is 1. The number of para-hydroxylation sites is 1. The fourth-order valence-corrected chi connectivity index (χ4v) is 5.54. The predicted molar refractivity (Wildman–Crippen MR) is 151 cm³/mol. The molecule has 1 amide bonds. The van der Waals surface area contributed by atoms with Crippen LogP contribution in [0.1, 0.15) is 17.3 Å². The van der Waals surface area contributed by atoms with Crippen LogP contribution in [0, 0.1) is 0 Å². The maximum absolute atomic E-state index is 13.8. The Balaban J connectivity index is 1.70. The molecule has 5 aromatic rings. The van der Waals surface area contributed by atoms with Gasteiger partial charge in [0.05, 0.1) is 17.2 Å².